The van der Waals surface area contributed by atoms with Gasteiger partial charge in [-0.3, -0.25) is 4.90 Å². The zero-order valence-corrected chi connectivity index (χ0v) is 16.1. The first kappa shape index (κ1) is 18.9. The van der Waals surface area contributed by atoms with E-state index in [1.807, 2.05) is 30.3 Å². The Hall–Kier alpha value is -2.44. The highest BCUT2D eigenvalue weighted by molar-refractivity contribution is 5.89. The molecule has 6 nitrogen and oxygen atoms in total. The maximum atomic E-state index is 11.6. The van der Waals surface area contributed by atoms with Crippen LogP contribution in [0.4, 0.5) is 0 Å². The van der Waals surface area contributed by atoms with Gasteiger partial charge in [-0.15, -0.1) is 0 Å². The Morgan fingerprint density at radius 2 is 2.07 bits per heavy atom. The van der Waals surface area contributed by atoms with Gasteiger partial charge >= 0.3 is 5.97 Å². The van der Waals surface area contributed by atoms with Crippen LogP contribution in [-0.4, -0.2) is 52.4 Å². The van der Waals surface area contributed by atoms with Crippen molar-refractivity contribution >= 4 is 5.97 Å². The second-order valence-electron chi connectivity index (χ2n) is 7.65. The van der Waals surface area contributed by atoms with Crippen LogP contribution in [0.5, 0.6) is 5.88 Å². The Kier molecular flexibility index (Phi) is 5.33. The molecule has 1 aliphatic heterocycles. The minimum absolute atomic E-state index is 0.0819. The fourth-order valence-electron chi connectivity index (χ4n) is 4.73. The highest BCUT2D eigenvalue weighted by Gasteiger charge is 2.51. The quantitative estimate of drug-likeness (QED) is 0.826. The SMILES string of the molecule is CO[C@@]12CC[C@H](Oc3ccccn3)C[C@@H]1N(Cc1ccccc1C(=O)O)CC2. The summed E-state index contributed by atoms with van der Waals surface area (Å²) in [4.78, 5) is 18.2. The second kappa shape index (κ2) is 7.89. The van der Waals surface area contributed by atoms with Gasteiger partial charge < -0.3 is 14.6 Å². The summed E-state index contributed by atoms with van der Waals surface area (Å²) in [5, 5.41) is 9.50. The minimum Gasteiger partial charge on any atom is -0.478 e. The van der Waals surface area contributed by atoms with E-state index in [-0.39, 0.29) is 17.7 Å². The van der Waals surface area contributed by atoms with E-state index in [0.29, 0.717) is 18.0 Å². The van der Waals surface area contributed by atoms with Gasteiger partial charge in [-0.2, -0.15) is 0 Å². The number of carboxylic acids is 1. The van der Waals surface area contributed by atoms with Crippen molar-refractivity contribution in [1.82, 2.24) is 9.88 Å². The number of benzene rings is 1. The monoisotopic (exact) mass is 382 g/mol. The molecule has 1 N–H and O–H groups in total. The van der Waals surface area contributed by atoms with Gasteiger partial charge in [-0.05, 0) is 37.0 Å². The van der Waals surface area contributed by atoms with Gasteiger partial charge in [0.05, 0.1) is 11.2 Å². The number of hydrogen-bond donors (Lipinski definition) is 1. The highest BCUT2D eigenvalue weighted by atomic mass is 16.5. The molecule has 6 heteroatoms. The minimum atomic E-state index is -0.882. The largest absolute Gasteiger partial charge is 0.478 e. The van der Waals surface area contributed by atoms with Gasteiger partial charge in [-0.25, -0.2) is 9.78 Å². The van der Waals surface area contributed by atoms with Gasteiger partial charge in [0.1, 0.15) is 6.10 Å². The van der Waals surface area contributed by atoms with Crippen LogP contribution in [0, 0.1) is 0 Å². The third-order valence-corrected chi connectivity index (χ3v) is 6.20. The number of hydrogen-bond acceptors (Lipinski definition) is 5. The molecule has 0 spiro atoms. The van der Waals surface area contributed by atoms with Gasteiger partial charge in [0, 0.05) is 44.9 Å². The summed E-state index contributed by atoms with van der Waals surface area (Å²) in [7, 11) is 1.79. The van der Waals surface area contributed by atoms with Crippen molar-refractivity contribution in [2.75, 3.05) is 13.7 Å². The van der Waals surface area contributed by atoms with Crippen molar-refractivity contribution in [3.63, 3.8) is 0 Å². The van der Waals surface area contributed by atoms with Crippen molar-refractivity contribution in [2.24, 2.45) is 0 Å². The lowest BCUT2D eigenvalue weighted by atomic mass is 9.79. The molecule has 0 unspecified atom stereocenters. The van der Waals surface area contributed by atoms with Crippen LogP contribution in [0.15, 0.2) is 48.7 Å². The van der Waals surface area contributed by atoms with Crippen molar-refractivity contribution in [1.29, 1.82) is 0 Å². The molecule has 2 fully saturated rings. The molecule has 0 amide bonds. The number of fused-ring (bicyclic) bond motifs is 1. The number of aromatic carboxylic acids is 1. The normalized spacial score (nSPS) is 27.3. The van der Waals surface area contributed by atoms with Crippen LogP contribution in [0.1, 0.15) is 41.6 Å². The molecule has 4 rings (SSSR count). The summed E-state index contributed by atoms with van der Waals surface area (Å²) in [5.41, 5.74) is 1.03. The third-order valence-electron chi connectivity index (χ3n) is 6.20. The fraction of sp³-hybridized carbons (Fsp3) is 0.455. The molecule has 1 saturated carbocycles. The molecule has 1 saturated heterocycles. The molecule has 0 bridgehead atoms. The molecule has 3 atom stereocenters. The number of likely N-dealkylation sites (tertiary alicyclic amines) is 1. The molecular weight excluding hydrogens is 356 g/mol. The summed E-state index contributed by atoms with van der Waals surface area (Å²) < 4.78 is 12.1. The molecule has 1 aromatic carbocycles. The van der Waals surface area contributed by atoms with E-state index in [2.05, 4.69) is 9.88 Å². The van der Waals surface area contributed by atoms with Crippen LogP contribution in [0.25, 0.3) is 0 Å². The molecular formula is C22H26N2O4. The summed E-state index contributed by atoms with van der Waals surface area (Å²) in [6, 6.07) is 13.1. The van der Waals surface area contributed by atoms with Crippen LogP contribution in [0.2, 0.25) is 0 Å². The summed E-state index contributed by atoms with van der Waals surface area (Å²) in [6.07, 6.45) is 5.49. The van der Waals surface area contributed by atoms with Crippen molar-refractivity contribution in [2.45, 2.75) is 50.0 Å². The Morgan fingerprint density at radius 3 is 2.82 bits per heavy atom. The summed E-state index contributed by atoms with van der Waals surface area (Å²) in [6.45, 7) is 1.50. The first-order chi connectivity index (χ1) is 13.6. The number of methoxy groups -OCH3 is 1. The molecule has 2 aliphatic rings. The molecule has 1 aliphatic carbocycles. The molecule has 28 heavy (non-hydrogen) atoms. The lowest BCUT2D eigenvalue weighted by Crippen LogP contribution is -2.52. The number of aromatic nitrogens is 1. The maximum Gasteiger partial charge on any atom is 0.336 e. The lowest BCUT2D eigenvalue weighted by Gasteiger charge is -2.43. The molecule has 2 aromatic rings. The van der Waals surface area contributed by atoms with Crippen LogP contribution in [0.3, 0.4) is 0 Å². The predicted octanol–water partition coefficient (Wildman–Crippen LogP) is 3.37. The topological polar surface area (TPSA) is 71.9 Å². The molecule has 148 valence electrons. The smallest absolute Gasteiger partial charge is 0.336 e. The van der Waals surface area contributed by atoms with E-state index >= 15 is 0 Å². The van der Waals surface area contributed by atoms with Crippen molar-refractivity contribution in [3.8, 4) is 5.88 Å². The van der Waals surface area contributed by atoms with E-state index in [0.717, 1.165) is 37.8 Å². The van der Waals surface area contributed by atoms with Crippen molar-refractivity contribution < 1.29 is 19.4 Å². The molecule has 1 aromatic heterocycles. The number of carboxylic acid groups (broad SMARTS) is 1. The second-order valence-corrected chi connectivity index (χ2v) is 7.65. The number of rotatable bonds is 6. The Labute approximate surface area is 165 Å². The Morgan fingerprint density at radius 1 is 1.25 bits per heavy atom. The zero-order valence-electron chi connectivity index (χ0n) is 16.1. The summed E-state index contributed by atoms with van der Waals surface area (Å²) >= 11 is 0. The number of carbonyl (C=O) groups is 1. The van der Waals surface area contributed by atoms with E-state index in [1.54, 1.807) is 25.4 Å². The van der Waals surface area contributed by atoms with Crippen LogP contribution >= 0.6 is 0 Å². The van der Waals surface area contributed by atoms with E-state index in [9.17, 15) is 9.90 Å². The fourth-order valence-corrected chi connectivity index (χ4v) is 4.73. The Balaban J connectivity index is 1.52. The highest BCUT2D eigenvalue weighted by Crippen LogP contribution is 2.43. The summed E-state index contributed by atoms with van der Waals surface area (Å²) in [5.74, 6) is -0.231. The van der Waals surface area contributed by atoms with Gasteiger partial charge in [0.15, 0.2) is 0 Å². The zero-order chi connectivity index (χ0) is 19.6. The first-order valence-electron chi connectivity index (χ1n) is 9.79. The number of pyridine rings is 1. The number of nitrogens with zero attached hydrogens (tertiary/aromatic N) is 2. The molecule has 2 heterocycles. The van der Waals surface area contributed by atoms with Crippen LogP contribution < -0.4 is 4.74 Å². The Bertz CT molecular complexity index is 828. The van der Waals surface area contributed by atoms with Gasteiger partial charge in [0.2, 0.25) is 5.88 Å². The van der Waals surface area contributed by atoms with E-state index in [1.165, 1.54) is 0 Å². The van der Waals surface area contributed by atoms with E-state index in [4.69, 9.17) is 9.47 Å². The third kappa shape index (κ3) is 3.62. The van der Waals surface area contributed by atoms with Gasteiger partial charge in [0.25, 0.3) is 0 Å². The lowest BCUT2D eigenvalue weighted by molar-refractivity contribution is -0.0843. The number of ether oxygens (including phenoxy) is 2. The predicted molar refractivity (Wildman–Crippen MR) is 104 cm³/mol. The van der Waals surface area contributed by atoms with E-state index < -0.39 is 5.97 Å². The van der Waals surface area contributed by atoms with Gasteiger partial charge in [-0.1, -0.05) is 24.3 Å². The average Bonchev–Trinajstić information content (AvgIpc) is 3.07. The maximum absolute atomic E-state index is 11.6. The first-order valence-corrected chi connectivity index (χ1v) is 9.79. The molecule has 0 radical (unpaired) electrons. The van der Waals surface area contributed by atoms with Crippen LogP contribution in [-0.2, 0) is 11.3 Å². The van der Waals surface area contributed by atoms with Crippen molar-refractivity contribution in [3.05, 3.63) is 59.8 Å². The standard InChI is InChI=1S/C22H26N2O4/c1-27-22-10-9-17(28-20-8-4-5-12-23-20)14-19(22)24(13-11-22)15-16-6-2-3-7-18(16)21(25)26/h2-8,12,17,19H,9-11,13-15H2,1H3,(H,25,26)/t17-,19-,22+/m0/s1. The average molecular weight is 382 g/mol.